The minimum Gasteiger partial charge on any atom is -0.366 e. The monoisotopic (exact) mass is 458 g/mol. The van der Waals surface area contributed by atoms with E-state index in [1.54, 1.807) is 0 Å². The Morgan fingerprint density at radius 3 is 1.94 bits per heavy atom. The molecule has 0 spiro atoms. The lowest BCUT2D eigenvalue weighted by atomic mass is 9.89. The van der Waals surface area contributed by atoms with E-state index < -0.39 is 23.4 Å². The highest BCUT2D eigenvalue weighted by Gasteiger charge is 2.43. The van der Waals surface area contributed by atoms with Crippen LogP contribution in [0.1, 0.15) is 24.0 Å². The number of anilines is 1. The molecule has 3 aromatic carbocycles. The van der Waals surface area contributed by atoms with Crippen molar-refractivity contribution in [2.24, 2.45) is 5.92 Å². The highest BCUT2D eigenvalue weighted by atomic mass is 19.1. The predicted octanol–water partition coefficient (Wildman–Crippen LogP) is 5.20. The molecule has 0 aromatic heterocycles. The molecular weight excluding hydrogens is 434 g/mol. The quantitative estimate of drug-likeness (QED) is 0.493. The van der Waals surface area contributed by atoms with Gasteiger partial charge >= 0.3 is 0 Å². The number of amides is 2. The summed E-state index contributed by atoms with van der Waals surface area (Å²) >= 11 is 0. The van der Waals surface area contributed by atoms with Gasteiger partial charge in [-0.05, 0) is 72.7 Å². The van der Waals surface area contributed by atoms with Crippen LogP contribution in [0.15, 0.2) is 84.6 Å². The number of benzene rings is 3. The van der Waals surface area contributed by atoms with Crippen LogP contribution in [-0.4, -0.2) is 29.8 Å². The molecule has 0 atom stereocenters. The van der Waals surface area contributed by atoms with E-state index in [1.165, 1.54) is 54.1 Å². The van der Waals surface area contributed by atoms with Crippen molar-refractivity contribution in [2.75, 3.05) is 18.0 Å². The molecule has 5 rings (SSSR count). The summed E-state index contributed by atoms with van der Waals surface area (Å²) < 4.78 is 27.0. The normalized spacial score (nSPS) is 17.1. The molecule has 34 heavy (non-hydrogen) atoms. The minimum absolute atomic E-state index is 0.260. The number of likely N-dealkylation sites (tertiary alicyclic amines) is 1. The highest BCUT2D eigenvalue weighted by Crippen LogP contribution is 2.36. The molecule has 172 valence electrons. The average molecular weight is 459 g/mol. The molecule has 0 aliphatic carbocycles. The lowest BCUT2D eigenvalue weighted by molar-refractivity contribution is -0.120. The first-order chi connectivity index (χ1) is 16.5. The molecule has 3 aromatic rings. The highest BCUT2D eigenvalue weighted by molar-refractivity contribution is 6.45. The Morgan fingerprint density at radius 1 is 0.735 bits per heavy atom. The first kappa shape index (κ1) is 22.0. The summed E-state index contributed by atoms with van der Waals surface area (Å²) in [6.45, 7) is 1.29. The van der Waals surface area contributed by atoms with Gasteiger partial charge in [0.05, 0.1) is 11.3 Å². The lowest BCUT2D eigenvalue weighted by Gasteiger charge is -2.34. The van der Waals surface area contributed by atoms with Crippen molar-refractivity contribution in [1.29, 1.82) is 0 Å². The molecule has 0 N–H and O–H groups in total. The number of imide groups is 1. The molecule has 6 heteroatoms. The van der Waals surface area contributed by atoms with E-state index in [0.29, 0.717) is 36.0 Å². The summed E-state index contributed by atoms with van der Waals surface area (Å²) in [6.07, 6.45) is 2.77. The van der Waals surface area contributed by atoms with E-state index >= 15 is 0 Å². The van der Waals surface area contributed by atoms with Gasteiger partial charge in [0.1, 0.15) is 17.3 Å². The van der Waals surface area contributed by atoms with Gasteiger partial charge in [-0.2, -0.15) is 0 Å². The van der Waals surface area contributed by atoms with Crippen LogP contribution in [0.2, 0.25) is 0 Å². The second-order valence-electron chi connectivity index (χ2n) is 8.77. The first-order valence-corrected chi connectivity index (χ1v) is 11.4. The van der Waals surface area contributed by atoms with Gasteiger partial charge in [-0.25, -0.2) is 13.7 Å². The van der Waals surface area contributed by atoms with Gasteiger partial charge in [0.15, 0.2) is 0 Å². The average Bonchev–Trinajstić information content (AvgIpc) is 3.11. The third kappa shape index (κ3) is 4.23. The molecule has 1 fully saturated rings. The van der Waals surface area contributed by atoms with Crippen molar-refractivity contribution in [3.63, 3.8) is 0 Å². The molecule has 0 saturated carbocycles. The number of hydrogen-bond donors (Lipinski definition) is 0. The second kappa shape index (κ2) is 9.21. The minimum atomic E-state index is -0.482. The van der Waals surface area contributed by atoms with Crippen LogP contribution < -0.4 is 4.90 Å². The molecule has 0 radical (unpaired) electrons. The standard InChI is InChI=1S/C28H24F2N2O2/c29-22-8-6-21(7-9-22)25-26(28(34)32(27(25)33)24-12-10-23(30)11-13-24)31-16-14-20(15-17-31)18-19-4-2-1-3-5-19/h1-13,20H,14-18H2. The number of carbonyl (C=O) groups excluding carboxylic acids is 2. The Bertz CT molecular complexity index is 1230. The molecule has 2 aliphatic heterocycles. The van der Waals surface area contributed by atoms with Crippen molar-refractivity contribution < 1.29 is 18.4 Å². The number of nitrogens with zero attached hydrogens (tertiary/aromatic N) is 2. The fourth-order valence-electron chi connectivity index (χ4n) is 4.82. The van der Waals surface area contributed by atoms with E-state index in [4.69, 9.17) is 0 Å². The Labute approximate surface area is 197 Å². The third-order valence-corrected chi connectivity index (χ3v) is 6.58. The van der Waals surface area contributed by atoms with Crippen molar-refractivity contribution in [3.05, 3.63) is 107 Å². The number of hydrogen-bond acceptors (Lipinski definition) is 3. The van der Waals surface area contributed by atoms with Gasteiger partial charge in [0.2, 0.25) is 0 Å². The van der Waals surface area contributed by atoms with Gasteiger partial charge < -0.3 is 4.90 Å². The van der Waals surface area contributed by atoms with Gasteiger partial charge in [-0.15, -0.1) is 0 Å². The van der Waals surface area contributed by atoms with E-state index in [9.17, 15) is 18.4 Å². The summed E-state index contributed by atoms with van der Waals surface area (Å²) in [5.74, 6) is -1.29. The van der Waals surface area contributed by atoms with Crippen LogP contribution in [0.3, 0.4) is 0 Å². The molecule has 1 saturated heterocycles. The molecule has 4 nitrogen and oxygen atoms in total. The third-order valence-electron chi connectivity index (χ3n) is 6.58. The Morgan fingerprint density at radius 2 is 1.32 bits per heavy atom. The molecule has 0 unspecified atom stereocenters. The number of carbonyl (C=O) groups is 2. The topological polar surface area (TPSA) is 40.6 Å². The van der Waals surface area contributed by atoms with Crippen molar-refractivity contribution >= 4 is 23.1 Å². The van der Waals surface area contributed by atoms with Crippen molar-refractivity contribution in [1.82, 2.24) is 4.90 Å². The number of rotatable bonds is 5. The zero-order valence-electron chi connectivity index (χ0n) is 18.6. The summed E-state index contributed by atoms with van der Waals surface area (Å²) in [7, 11) is 0. The maximum absolute atomic E-state index is 13.6. The predicted molar refractivity (Wildman–Crippen MR) is 127 cm³/mol. The molecule has 2 heterocycles. The summed E-state index contributed by atoms with van der Waals surface area (Å²) in [6, 6.07) is 21.2. The van der Waals surface area contributed by atoms with Crippen LogP contribution >= 0.6 is 0 Å². The Kier molecular flexibility index (Phi) is 5.97. The van der Waals surface area contributed by atoms with Crippen LogP contribution in [-0.2, 0) is 16.0 Å². The zero-order valence-corrected chi connectivity index (χ0v) is 18.6. The maximum Gasteiger partial charge on any atom is 0.282 e. The van der Waals surface area contributed by atoms with Crippen LogP contribution in [0.4, 0.5) is 14.5 Å². The Hall–Kier alpha value is -3.80. The SMILES string of the molecule is O=C1C(c2ccc(F)cc2)=C(N2CCC(Cc3ccccc3)CC2)C(=O)N1c1ccc(F)cc1. The van der Waals surface area contributed by atoms with Crippen LogP contribution in [0, 0.1) is 17.6 Å². The van der Waals surface area contributed by atoms with E-state index in [2.05, 4.69) is 12.1 Å². The molecular formula is C28H24F2N2O2. The summed E-state index contributed by atoms with van der Waals surface area (Å²) in [5.41, 5.74) is 2.69. The number of halogens is 2. The van der Waals surface area contributed by atoms with Crippen LogP contribution in [0.25, 0.3) is 5.57 Å². The van der Waals surface area contributed by atoms with Crippen molar-refractivity contribution in [3.8, 4) is 0 Å². The molecule has 0 bridgehead atoms. The molecule has 2 amide bonds. The first-order valence-electron chi connectivity index (χ1n) is 11.4. The van der Waals surface area contributed by atoms with E-state index in [-0.39, 0.29) is 5.57 Å². The smallest absolute Gasteiger partial charge is 0.282 e. The van der Waals surface area contributed by atoms with Gasteiger partial charge in [-0.3, -0.25) is 9.59 Å². The van der Waals surface area contributed by atoms with Crippen LogP contribution in [0.5, 0.6) is 0 Å². The maximum atomic E-state index is 13.6. The fourth-order valence-corrected chi connectivity index (χ4v) is 4.82. The largest absolute Gasteiger partial charge is 0.366 e. The van der Waals surface area contributed by atoms with Crippen molar-refractivity contribution in [2.45, 2.75) is 19.3 Å². The summed E-state index contributed by atoms with van der Waals surface area (Å²) in [5, 5.41) is 0. The van der Waals surface area contributed by atoms with E-state index in [1.807, 2.05) is 23.1 Å². The van der Waals surface area contributed by atoms with Gasteiger partial charge in [0, 0.05) is 13.1 Å². The lowest BCUT2D eigenvalue weighted by Crippen LogP contribution is -2.39. The summed E-state index contributed by atoms with van der Waals surface area (Å²) in [4.78, 5) is 30.1. The van der Waals surface area contributed by atoms with Gasteiger partial charge in [-0.1, -0.05) is 42.5 Å². The van der Waals surface area contributed by atoms with E-state index in [0.717, 1.165) is 24.2 Å². The Balaban J connectivity index is 1.44. The second-order valence-corrected chi connectivity index (χ2v) is 8.77. The molecule has 2 aliphatic rings. The number of piperidine rings is 1. The van der Waals surface area contributed by atoms with Gasteiger partial charge in [0.25, 0.3) is 11.8 Å². The zero-order chi connectivity index (χ0) is 23.7. The fraction of sp³-hybridized carbons (Fsp3) is 0.214.